The molecule has 2 heterocycles. The number of hydrogen-bond donors (Lipinski definition) is 2. The Hall–Kier alpha value is -1.21. The number of fused-ring (bicyclic) bond motifs is 1. The molecule has 2 aromatic rings. The molecule has 3 rings (SSSR count). The number of aromatic nitrogens is 1. The van der Waals surface area contributed by atoms with Crippen molar-refractivity contribution in [2.75, 3.05) is 19.6 Å². The van der Waals surface area contributed by atoms with Gasteiger partial charge in [-0.25, -0.2) is 13.1 Å². The summed E-state index contributed by atoms with van der Waals surface area (Å²) in [6, 6.07) is 6.98. The molecule has 1 unspecified atom stereocenters. The third-order valence-corrected chi connectivity index (χ3v) is 5.14. The summed E-state index contributed by atoms with van der Waals surface area (Å²) >= 11 is 0. The minimum absolute atomic E-state index is 0. The van der Waals surface area contributed by atoms with Crippen molar-refractivity contribution in [3.8, 4) is 0 Å². The summed E-state index contributed by atoms with van der Waals surface area (Å²) in [4.78, 5) is 4.34. The molecule has 1 aliphatic rings. The molecule has 5 nitrogen and oxygen atoms in total. The highest BCUT2D eigenvalue weighted by Gasteiger charge is 2.20. The molecule has 1 aliphatic heterocycles. The van der Waals surface area contributed by atoms with E-state index in [4.69, 9.17) is 0 Å². The van der Waals surface area contributed by atoms with E-state index in [2.05, 4.69) is 15.0 Å². The SMILES string of the molecule is Cl.O=S(=O)(NCC1CCNC1)c1cccc2cnccc12. The number of nitrogens with one attached hydrogen (secondary N) is 2. The Morgan fingerprint density at radius 3 is 2.95 bits per heavy atom. The summed E-state index contributed by atoms with van der Waals surface area (Å²) in [6.45, 7) is 2.32. The van der Waals surface area contributed by atoms with Crippen LogP contribution in [0.2, 0.25) is 0 Å². The fourth-order valence-electron chi connectivity index (χ4n) is 2.52. The summed E-state index contributed by atoms with van der Waals surface area (Å²) in [5, 5.41) is 4.77. The van der Waals surface area contributed by atoms with Crippen molar-refractivity contribution in [3.63, 3.8) is 0 Å². The van der Waals surface area contributed by atoms with Gasteiger partial charge >= 0.3 is 0 Å². The van der Waals surface area contributed by atoms with Crippen molar-refractivity contribution < 1.29 is 8.42 Å². The molecule has 1 aromatic heterocycles. The summed E-state index contributed by atoms with van der Waals surface area (Å²) in [5.41, 5.74) is 0. The topological polar surface area (TPSA) is 71.1 Å². The van der Waals surface area contributed by atoms with E-state index in [-0.39, 0.29) is 12.4 Å². The second kappa shape index (κ2) is 6.70. The Labute approximate surface area is 130 Å². The molecule has 1 atom stereocenters. The molecule has 0 radical (unpaired) electrons. The van der Waals surface area contributed by atoms with E-state index in [9.17, 15) is 8.42 Å². The average molecular weight is 328 g/mol. The van der Waals surface area contributed by atoms with Gasteiger partial charge in [0, 0.05) is 29.7 Å². The Bertz CT molecular complexity index is 710. The maximum absolute atomic E-state index is 12.5. The number of rotatable bonds is 4. The monoisotopic (exact) mass is 327 g/mol. The van der Waals surface area contributed by atoms with Crippen molar-refractivity contribution >= 4 is 33.2 Å². The maximum Gasteiger partial charge on any atom is 0.241 e. The minimum atomic E-state index is -3.48. The molecule has 0 spiro atoms. The van der Waals surface area contributed by atoms with Gasteiger partial charge in [0.25, 0.3) is 0 Å². The first-order valence-electron chi connectivity index (χ1n) is 6.70. The lowest BCUT2D eigenvalue weighted by Gasteiger charge is -2.12. The quantitative estimate of drug-likeness (QED) is 0.893. The first-order valence-corrected chi connectivity index (χ1v) is 8.18. The molecule has 1 aromatic carbocycles. The predicted octanol–water partition coefficient (Wildman–Crippen LogP) is 1.54. The Balaban J connectivity index is 0.00000161. The third-order valence-electron chi connectivity index (χ3n) is 3.65. The van der Waals surface area contributed by atoms with Gasteiger partial charge in [-0.15, -0.1) is 12.4 Å². The first kappa shape index (κ1) is 16.2. The minimum Gasteiger partial charge on any atom is -0.316 e. The van der Waals surface area contributed by atoms with Crippen LogP contribution in [-0.2, 0) is 10.0 Å². The average Bonchev–Trinajstić information content (AvgIpc) is 2.98. The van der Waals surface area contributed by atoms with E-state index in [1.54, 1.807) is 30.6 Å². The van der Waals surface area contributed by atoms with Gasteiger partial charge < -0.3 is 5.32 Å². The van der Waals surface area contributed by atoms with Crippen molar-refractivity contribution in [2.24, 2.45) is 5.92 Å². The molecule has 0 amide bonds. The predicted molar refractivity (Wildman–Crippen MR) is 85.2 cm³/mol. The van der Waals surface area contributed by atoms with E-state index in [1.165, 1.54) is 0 Å². The molecule has 7 heteroatoms. The highest BCUT2D eigenvalue weighted by molar-refractivity contribution is 7.89. The number of benzene rings is 1. The second-order valence-corrected chi connectivity index (χ2v) is 6.80. The van der Waals surface area contributed by atoms with E-state index < -0.39 is 10.0 Å². The third kappa shape index (κ3) is 3.52. The van der Waals surface area contributed by atoms with Crippen LogP contribution in [-0.4, -0.2) is 33.0 Å². The van der Waals surface area contributed by atoms with Crippen LogP contribution < -0.4 is 10.0 Å². The standard InChI is InChI=1S/C14H17N3O2S.ClH/c18-20(19,17-9-11-4-6-15-8-11)14-3-1-2-12-10-16-7-5-13(12)14;/h1-3,5,7,10-11,15,17H,4,6,8-9H2;1H. The van der Waals surface area contributed by atoms with Crippen molar-refractivity contribution in [2.45, 2.75) is 11.3 Å². The van der Waals surface area contributed by atoms with Gasteiger partial charge in [-0.05, 0) is 37.6 Å². The van der Waals surface area contributed by atoms with Gasteiger partial charge in [-0.1, -0.05) is 12.1 Å². The molecule has 2 N–H and O–H groups in total. The maximum atomic E-state index is 12.5. The zero-order valence-electron chi connectivity index (χ0n) is 11.5. The number of sulfonamides is 1. The number of nitrogens with zero attached hydrogens (tertiary/aromatic N) is 1. The largest absolute Gasteiger partial charge is 0.316 e. The van der Waals surface area contributed by atoms with Crippen LogP contribution in [0.3, 0.4) is 0 Å². The van der Waals surface area contributed by atoms with E-state index >= 15 is 0 Å². The smallest absolute Gasteiger partial charge is 0.241 e. The van der Waals surface area contributed by atoms with Gasteiger partial charge in [-0.2, -0.15) is 0 Å². The molecule has 1 saturated heterocycles. The molecule has 1 fully saturated rings. The molecule has 21 heavy (non-hydrogen) atoms. The van der Waals surface area contributed by atoms with Crippen LogP contribution in [0.5, 0.6) is 0 Å². The summed E-state index contributed by atoms with van der Waals surface area (Å²) in [6.07, 6.45) is 4.31. The first-order chi connectivity index (χ1) is 9.67. The lowest BCUT2D eigenvalue weighted by atomic mass is 10.1. The molecule has 114 valence electrons. The van der Waals surface area contributed by atoms with Crippen LogP contribution in [0.4, 0.5) is 0 Å². The number of halogens is 1. The van der Waals surface area contributed by atoms with Crippen LogP contribution >= 0.6 is 12.4 Å². The molecule has 0 saturated carbocycles. The summed E-state index contributed by atoms with van der Waals surface area (Å²) < 4.78 is 27.6. The van der Waals surface area contributed by atoms with Crippen molar-refractivity contribution in [1.29, 1.82) is 0 Å². The van der Waals surface area contributed by atoms with Crippen LogP contribution in [0.15, 0.2) is 41.6 Å². The lowest BCUT2D eigenvalue weighted by Crippen LogP contribution is -2.30. The lowest BCUT2D eigenvalue weighted by molar-refractivity contribution is 0.539. The van der Waals surface area contributed by atoms with E-state index in [0.717, 1.165) is 24.9 Å². The zero-order valence-corrected chi connectivity index (χ0v) is 13.1. The normalized spacial score (nSPS) is 18.6. The van der Waals surface area contributed by atoms with Gasteiger partial charge in [0.15, 0.2) is 0 Å². The van der Waals surface area contributed by atoms with Gasteiger partial charge in [0.1, 0.15) is 0 Å². The summed E-state index contributed by atoms with van der Waals surface area (Å²) in [5.74, 6) is 0.376. The van der Waals surface area contributed by atoms with Gasteiger partial charge in [0.05, 0.1) is 4.90 Å². The number of hydrogen-bond acceptors (Lipinski definition) is 4. The Morgan fingerprint density at radius 1 is 1.33 bits per heavy atom. The van der Waals surface area contributed by atoms with Crippen LogP contribution in [0.25, 0.3) is 10.8 Å². The van der Waals surface area contributed by atoms with Gasteiger partial charge in [0.2, 0.25) is 10.0 Å². The fourth-order valence-corrected chi connectivity index (χ4v) is 3.86. The highest BCUT2D eigenvalue weighted by atomic mass is 35.5. The van der Waals surface area contributed by atoms with Crippen LogP contribution in [0, 0.1) is 5.92 Å². The molecular weight excluding hydrogens is 310 g/mol. The van der Waals surface area contributed by atoms with Crippen molar-refractivity contribution in [3.05, 3.63) is 36.7 Å². The number of pyridine rings is 1. The summed E-state index contributed by atoms with van der Waals surface area (Å²) in [7, 11) is -3.48. The second-order valence-electron chi connectivity index (χ2n) is 5.06. The van der Waals surface area contributed by atoms with Crippen molar-refractivity contribution in [1.82, 2.24) is 15.0 Å². The fraction of sp³-hybridized carbons (Fsp3) is 0.357. The van der Waals surface area contributed by atoms with E-state index in [1.807, 2.05) is 6.07 Å². The molecule has 0 aliphatic carbocycles. The zero-order chi connectivity index (χ0) is 14.0. The Kier molecular flexibility index (Phi) is 5.16. The highest BCUT2D eigenvalue weighted by Crippen LogP contribution is 2.22. The molecular formula is C14H18ClN3O2S. The van der Waals surface area contributed by atoms with Gasteiger partial charge in [-0.3, -0.25) is 4.98 Å². The van der Waals surface area contributed by atoms with E-state index in [0.29, 0.717) is 22.7 Å². The molecule has 0 bridgehead atoms. The Morgan fingerprint density at radius 2 is 2.19 bits per heavy atom. The van der Waals surface area contributed by atoms with Crippen LogP contribution in [0.1, 0.15) is 6.42 Å².